The van der Waals surface area contributed by atoms with Gasteiger partial charge < -0.3 is 48.9 Å². The Morgan fingerprint density at radius 2 is 1.72 bits per heavy atom. The largest absolute Gasteiger partial charge is 0.507 e. The second-order valence-corrected chi connectivity index (χ2v) is 8.63. The van der Waals surface area contributed by atoms with Gasteiger partial charge in [0.2, 0.25) is 23.7 Å². The summed E-state index contributed by atoms with van der Waals surface area (Å²) >= 11 is 0. The average Bonchev–Trinajstić information content (AvgIpc) is 3.39. The van der Waals surface area contributed by atoms with Crippen molar-refractivity contribution in [2.75, 3.05) is 21.0 Å². The monoisotopic (exact) mass is 538 g/mol. The Labute approximate surface area is 219 Å². The molecule has 202 valence electrons. The Morgan fingerprint density at radius 1 is 0.949 bits per heavy atom. The summed E-state index contributed by atoms with van der Waals surface area (Å²) in [7, 11) is 2.59. The van der Waals surface area contributed by atoms with Gasteiger partial charge in [0.05, 0.1) is 20.6 Å². The van der Waals surface area contributed by atoms with Gasteiger partial charge in [0.25, 0.3) is 0 Å². The van der Waals surface area contributed by atoms with Crippen LogP contribution in [-0.4, -0.2) is 52.5 Å². The molecule has 1 atom stereocenters. The summed E-state index contributed by atoms with van der Waals surface area (Å²) < 4.78 is 27.1. The molecule has 12 heteroatoms. The van der Waals surface area contributed by atoms with E-state index in [0.717, 1.165) is 18.2 Å². The van der Waals surface area contributed by atoms with E-state index in [1.54, 1.807) is 12.1 Å². The van der Waals surface area contributed by atoms with Gasteiger partial charge >= 0.3 is 5.97 Å². The molecule has 0 bridgehead atoms. The molecule has 1 aliphatic heterocycles. The Bertz CT molecular complexity index is 1690. The van der Waals surface area contributed by atoms with Crippen LogP contribution in [0.2, 0.25) is 0 Å². The molecule has 0 fully saturated rings. The molecule has 0 unspecified atom stereocenters. The molecule has 12 nitrogen and oxygen atoms in total. The molecule has 39 heavy (non-hydrogen) atoms. The van der Waals surface area contributed by atoms with Crippen LogP contribution in [0.1, 0.15) is 23.5 Å². The van der Waals surface area contributed by atoms with Crippen LogP contribution in [0, 0.1) is 0 Å². The minimum atomic E-state index is -1.04. The van der Waals surface area contributed by atoms with E-state index in [0.29, 0.717) is 17.1 Å². The number of carbonyl (C=O) groups excluding carboxylic acids is 1. The van der Waals surface area contributed by atoms with Crippen molar-refractivity contribution in [2.24, 2.45) is 0 Å². The summed E-state index contributed by atoms with van der Waals surface area (Å²) in [5.41, 5.74) is -1.09. The quantitative estimate of drug-likeness (QED) is 0.178. The Hall–Kier alpha value is -5.26. The minimum Gasteiger partial charge on any atom is -0.507 e. The van der Waals surface area contributed by atoms with Crippen LogP contribution in [0.4, 0.5) is 0 Å². The average molecular weight is 538 g/mol. The summed E-state index contributed by atoms with van der Waals surface area (Å²) in [5.74, 6) is -4.34. The zero-order valence-electron chi connectivity index (χ0n) is 20.5. The molecule has 0 radical (unpaired) electrons. The molecule has 4 aromatic rings. The zero-order chi connectivity index (χ0) is 28.0. The number of fused-ring (bicyclic) bond motifs is 2. The van der Waals surface area contributed by atoms with Crippen molar-refractivity contribution in [2.45, 2.75) is 12.3 Å². The standard InChI is InChI=1S/C27H22O12/c1-35-18-6-12(7-19-26(18)38-10-37-19)13(8-20(32)36-2)21-16(30)9-17(31)22-23(33)24(34)25(39-27(21)22)11-3-4-14(28)15(29)5-11/h3-7,9,13,28-31,34H,8,10H2,1-2H3/t13-/m0/s1. The fraction of sp³-hybridized carbons (Fsp3) is 0.185. The summed E-state index contributed by atoms with van der Waals surface area (Å²) in [6.45, 7) is -0.0683. The predicted octanol–water partition coefficient (Wildman–Crippen LogP) is 3.42. The highest BCUT2D eigenvalue weighted by molar-refractivity contribution is 5.92. The summed E-state index contributed by atoms with van der Waals surface area (Å²) in [5, 5.41) is 51.4. The van der Waals surface area contributed by atoms with Gasteiger partial charge in [-0.05, 0) is 35.9 Å². The van der Waals surface area contributed by atoms with Gasteiger partial charge in [0.1, 0.15) is 22.5 Å². The van der Waals surface area contributed by atoms with E-state index in [1.807, 2.05) is 0 Å². The first-order valence-electron chi connectivity index (χ1n) is 11.5. The van der Waals surface area contributed by atoms with Crippen LogP contribution in [0.5, 0.6) is 46.0 Å². The third-order valence-electron chi connectivity index (χ3n) is 6.41. The van der Waals surface area contributed by atoms with Gasteiger partial charge in [-0.3, -0.25) is 9.59 Å². The highest BCUT2D eigenvalue weighted by atomic mass is 16.7. The number of phenolic OH excluding ortho intramolecular Hbond substituents is 4. The highest BCUT2D eigenvalue weighted by Crippen LogP contribution is 2.49. The molecule has 5 N–H and O–H groups in total. The second kappa shape index (κ2) is 9.56. The van der Waals surface area contributed by atoms with Gasteiger partial charge in [-0.1, -0.05) is 0 Å². The molecule has 5 rings (SSSR count). The van der Waals surface area contributed by atoms with Crippen LogP contribution < -0.4 is 19.6 Å². The van der Waals surface area contributed by atoms with Crippen molar-refractivity contribution in [1.29, 1.82) is 0 Å². The van der Waals surface area contributed by atoms with Crippen molar-refractivity contribution >= 4 is 16.9 Å². The molecule has 1 aromatic heterocycles. The third kappa shape index (κ3) is 4.21. The lowest BCUT2D eigenvalue weighted by atomic mass is 9.86. The molecular formula is C27H22O12. The maximum absolute atomic E-state index is 13.2. The Kier molecular flexibility index (Phi) is 6.22. The van der Waals surface area contributed by atoms with Crippen LogP contribution >= 0.6 is 0 Å². The van der Waals surface area contributed by atoms with Gasteiger partial charge in [-0.15, -0.1) is 0 Å². The number of benzene rings is 3. The van der Waals surface area contributed by atoms with Crippen molar-refractivity contribution in [3.8, 4) is 57.3 Å². The number of aromatic hydroxyl groups is 5. The van der Waals surface area contributed by atoms with Gasteiger partial charge in [0, 0.05) is 23.1 Å². The van der Waals surface area contributed by atoms with E-state index in [4.69, 9.17) is 23.4 Å². The number of hydrogen-bond donors (Lipinski definition) is 5. The first kappa shape index (κ1) is 25.4. The Morgan fingerprint density at radius 3 is 2.41 bits per heavy atom. The number of methoxy groups -OCH3 is 2. The number of ether oxygens (including phenoxy) is 4. The van der Waals surface area contributed by atoms with E-state index in [1.165, 1.54) is 20.3 Å². The number of esters is 1. The predicted molar refractivity (Wildman–Crippen MR) is 134 cm³/mol. The molecular weight excluding hydrogens is 516 g/mol. The lowest BCUT2D eigenvalue weighted by Crippen LogP contribution is -2.13. The minimum absolute atomic E-state index is 0.00449. The number of phenols is 4. The molecule has 0 saturated carbocycles. The molecule has 0 amide bonds. The van der Waals surface area contributed by atoms with E-state index >= 15 is 0 Å². The van der Waals surface area contributed by atoms with E-state index in [2.05, 4.69) is 0 Å². The van der Waals surface area contributed by atoms with Gasteiger partial charge in [-0.25, -0.2) is 0 Å². The summed E-state index contributed by atoms with van der Waals surface area (Å²) in [6.07, 6.45) is -0.355. The normalized spacial score (nSPS) is 12.9. The van der Waals surface area contributed by atoms with Crippen LogP contribution in [0.15, 0.2) is 45.6 Å². The molecule has 0 saturated heterocycles. The summed E-state index contributed by atoms with van der Waals surface area (Å²) in [4.78, 5) is 25.8. The van der Waals surface area contributed by atoms with Crippen LogP contribution in [-0.2, 0) is 9.53 Å². The zero-order valence-corrected chi connectivity index (χ0v) is 20.5. The number of carbonyl (C=O) groups is 1. The van der Waals surface area contributed by atoms with Crippen LogP contribution in [0.25, 0.3) is 22.3 Å². The van der Waals surface area contributed by atoms with Gasteiger partial charge in [-0.2, -0.15) is 0 Å². The van der Waals surface area contributed by atoms with Crippen molar-refractivity contribution < 1.29 is 53.7 Å². The maximum atomic E-state index is 13.2. The van der Waals surface area contributed by atoms with Gasteiger partial charge in [0.15, 0.2) is 28.8 Å². The summed E-state index contributed by atoms with van der Waals surface area (Å²) in [6, 6.07) is 7.46. The molecule has 0 aliphatic carbocycles. The molecule has 1 aliphatic rings. The van der Waals surface area contributed by atoms with E-state index < -0.39 is 57.2 Å². The SMILES string of the molecule is COC(=O)C[C@@H](c1cc(OC)c2c(c1)OCO2)c1c(O)cc(O)c2c(=O)c(O)c(-c3ccc(O)c(O)c3)oc12. The number of hydrogen-bond acceptors (Lipinski definition) is 12. The van der Waals surface area contributed by atoms with Crippen molar-refractivity contribution in [3.05, 3.63) is 57.7 Å². The topological polar surface area (TPSA) is 185 Å². The van der Waals surface area contributed by atoms with Crippen molar-refractivity contribution in [1.82, 2.24) is 0 Å². The number of rotatable bonds is 6. The lowest BCUT2D eigenvalue weighted by Gasteiger charge is -2.21. The van der Waals surface area contributed by atoms with E-state index in [-0.39, 0.29) is 35.7 Å². The fourth-order valence-electron chi connectivity index (χ4n) is 4.53. The van der Waals surface area contributed by atoms with Crippen LogP contribution in [0.3, 0.4) is 0 Å². The Balaban J connectivity index is 1.84. The third-order valence-corrected chi connectivity index (χ3v) is 6.41. The maximum Gasteiger partial charge on any atom is 0.306 e. The van der Waals surface area contributed by atoms with E-state index in [9.17, 15) is 35.1 Å². The van der Waals surface area contributed by atoms with Crippen molar-refractivity contribution in [3.63, 3.8) is 0 Å². The lowest BCUT2D eigenvalue weighted by molar-refractivity contribution is -0.140. The first-order chi connectivity index (χ1) is 18.6. The molecule has 3 aromatic carbocycles. The highest BCUT2D eigenvalue weighted by Gasteiger charge is 2.32. The fourth-order valence-corrected chi connectivity index (χ4v) is 4.53. The smallest absolute Gasteiger partial charge is 0.306 e. The molecule has 0 spiro atoms. The second-order valence-electron chi connectivity index (χ2n) is 8.63. The molecule has 2 heterocycles. The first-order valence-corrected chi connectivity index (χ1v) is 11.5.